The topological polar surface area (TPSA) is 123 Å². The first-order valence-corrected chi connectivity index (χ1v) is 13.7. The van der Waals surface area contributed by atoms with Gasteiger partial charge in [-0.2, -0.15) is 4.98 Å². The fourth-order valence-electron chi connectivity index (χ4n) is 3.61. The van der Waals surface area contributed by atoms with Crippen molar-refractivity contribution in [1.29, 1.82) is 0 Å². The summed E-state index contributed by atoms with van der Waals surface area (Å²) >= 11 is 3.29. The normalized spacial score (nSPS) is 13.8. The summed E-state index contributed by atoms with van der Waals surface area (Å²) in [7, 11) is -3.37. The van der Waals surface area contributed by atoms with Crippen LogP contribution in [0.15, 0.2) is 57.9 Å². The molecule has 0 spiro atoms. The van der Waals surface area contributed by atoms with Crippen molar-refractivity contribution >= 4 is 31.9 Å². The third kappa shape index (κ3) is 7.96. The minimum atomic E-state index is -3.37. The molecule has 0 unspecified atom stereocenters. The summed E-state index contributed by atoms with van der Waals surface area (Å²) in [4.78, 5) is 6.66. The summed E-state index contributed by atoms with van der Waals surface area (Å²) in [6.07, 6.45) is 2.44. The highest BCUT2D eigenvalue weighted by molar-refractivity contribution is 9.10. The zero-order valence-corrected chi connectivity index (χ0v) is 22.3. The smallest absolute Gasteiger partial charge is 0.245 e. The van der Waals surface area contributed by atoms with Crippen LogP contribution in [0, 0.1) is 6.92 Å². The van der Waals surface area contributed by atoms with E-state index in [9.17, 15) is 8.42 Å². The molecular formula is C24H31BrN6O3S. The number of likely N-dealkylation sites (tertiary alicyclic amines) is 1. The van der Waals surface area contributed by atoms with Gasteiger partial charge in [0.1, 0.15) is 0 Å². The van der Waals surface area contributed by atoms with Gasteiger partial charge in [-0.25, -0.2) is 13.1 Å². The van der Waals surface area contributed by atoms with Gasteiger partial charge in [-0.3, -0.25) is 0 Å². The number of ether oxygens (including phenoxy) is 1. The van der Waals surface area contributed by atoms with Gasteiger partial charge in [0.15, 0.2) is 5.69 Å². The van der Waals surface area contributed by atoms with E-state index >= 15 is 0 Å². The molecule has 1 aliphatic heterocycles. The van der Waals surface area contributed by atoms with Gasteiger partial charge in [0.05, 0.1) is 11.5 Å². The third-order valence-corrected chi connectivity index (χ3v) is 7.40. The molecule has 0 saturated carbocycles. The molecule has 2 aromatic carbocycles. The van der Waals surface area contributed by atoms with E-state index in [2.05, 4.69) is 40.7 Å². The second-order valence-corrected chi connectivity index (χ2v) is 10.7. The van der Waals surface area contributed by atoms with Crippen molar-refractivity contribution < 1.29 is 13.2 Å². The molecule has 1 aliphatic rings. The molecule has 1 fully saturated rings. The van der Waals surface area contributed by atoms with Crippen LogP contribution in [-0.4, -0.2) is 61.3 Å². The minimum absolute atomic E-state index is 0.116. The highest BCUT2D eigenvalue weighted by Gasteiger charge is 2.16. The number of aromatic nitrogens is 3. The van der Waals surface area contributed by atoms with E-state index in [1.54, 1.807) is 24.3 Å². The van der Waals surface area contributed by atoms with E-state index in [0.717, 1.165) is 35.2 Å². The zero-order valence-electron chi connectivity index (χ0n) is 19.9. The number of rotatable bonds is 8. The number of nitrogens with two attached hydrogens (primary N) is 1. The molecule has 0 aliphatic carbocycles. The number of hydrogen-bond donors (Lipinski definition) is 2. The Balaban J connectivity index is 0.000000196. The van der Waals surface area contributed by atoms with E-state index in [1.807, 2.05) is 38.1 Å². The molecule has 4 rings (SSSR count). The second kappa shape index (κ2) is 12.9. The van der Waals surface area contributed by atoms with E-state index in [-0.39, 0.29) is 5.95 Å². The van der Waals surface area contributed by atoms with Crippen molar-refractivity contribution in [3.8, 4) is 17.1 Å². The van der Waals surface area contributed by atoms with Gasteiger partial charge in [0.2, 0.25) is 21.9 Å². The molecule has 0 atom stereocenters. The Kier molecular flexibility index (Phi) is 9.96. The van der Waals surface area contributed by atoms with Crippen molar-refractivity contribution in [3.63, 3.8) is 0 Å². The first-order valence-electron chi connectivity index (χ1n) is 11.5. The number of benzene rings is 2. The maximum atomic E-state index is 12.0. The third-order valence-electron chi connectivity index (χ3n) is 5.40. The Morgan fingerprint density at radius 3 is 2.43 bits per heavy atom. The lowest BCUT2D eigenvalue weighted by Gasteiger charge is -2.14. The van der Waals surface area contributed by atoms with E-state index < -0.39 is 10.0 Å². The number of sulfonamides is 1. The standard InChI is InChI=1S/C12H17BrN2O2S.C12H14N4O/c13-11-3-5-12(6-4-11)18(16,17)14-7-10-15-8-1-2-9-15;1-3-17-11-10(15-16-12(13)14-11)9-7-5-4-6-8(9)2/h3-6,14H,1-2,7-10H2;4-7H,3H2,1-2H3,(H2,13,14,16). The number of nitrogens with zero attached hydrogens (tertiary/aromatic N) is 4. The van der Waals surface area contributed by atoms with Crippen LogP contribution in [0.3, 0.4) is 0 Å². The lowest BCUT2D eigenvalue weighted by Crippen LogP contribution is -2.33. The van der Waals surface area contributed by atoms with Gasteiger partial charge in [0, 0.05) is 23.1 Å². The average Bonchev–Trinajstić information content (AvgIpc) is 3.34. The molecule has 0 amide bonds. The maximum absolute atomic E-state index is 12.0. The SMILES string of the molecule is CCOc1nc(N)nnc1-c1ccccc1C.O=S(=O)(NCCN1CCCC1)c1ccc(Br)cc1. The predicted molar refractivity (Wildman–Crippen MR) is 141 cm³/mol. The number of halogens is 1. The number of anilines is 1. The van der Waals surface area contributed by atoms with Crippen LogP contribution in [0.4, 0.5) is 5.95 Å². The van der Waals surface area contributed by atoms with E-state index in [0.29, 0.717) is 29.6 Å². The Labute approximate surface area is 215 Å². The lowest BCUT2D eigenvalue weighted by molar-refractivity contribution is 0.326. The molecule has 11 heteroatoms. The van der Waals surface area contributed by atoms with Gasteiger partial charge < -0.3 is 15.4 Å². The summed E-state index contributed by atoms with van der Waals surface area (Å²) in [6, 6.07) is 14.5. The van der Waals surface area contributed by atoms with E-state index in [4.69, 9.17) is 10.5 Å². The van der Waals surface area contributed by atoms with Gasteiger partial charge in [-0.1, -0.05) is 40.2 Å². The molecule has 188 valence electrons. The number of aryl methyl sites for hydroxylation is 1. The van der Waals surface area contributed by atoms with Gasteiger partial charge in [-0.15, -0.1) is 10.2 Å². The van der Waals surface area contributed by atoms with Crippen LogP contribution in [0.5, 0.6) is 5.88 Å². The molecule has 1 aromatic heterocycles. The quantitative estimate of drug-likeness (QED) is 0.426. The summed E-state index contributed by atoms with van der Waals surface area (Å²) in [5.41, 5.74) is 8.18. The van der Waals surface area contributed by atoms with Crippen LogP contribution >= 0.6 is 15.9 Å². The van der Waals surface area contributed by atoms with Gasteiger partial charge in [0.25, 0.3) is 0 Å². The molecule has 0 bridgehead atoms. The van der Waals surface area contributed by atoms with Crippen molar-refractivity contribution in [2.45, 2.75) is 31.6 Å². The molecule has 2 heterocycles. The van der Waals surface area contributed by atoms with Crippen LogP contribution in [0.25, 0.3) is 11.3 Å². The van der Waals surface area contributed by atoms with Crippen molar-refractivity contribution in [1.82, 2.24) is 24.8 Å². The average molecular weight is 564 g/mol. The molecular weight excluding hydrogens is 532 g/mol. The van der Waals surface area contributed by atoms with Crippen LogP contribution in [0.2, 0.25) is 0 Å². The lowest BCUT2D eigenvalue weighted by atomic mass is 10.1. The molecule has 0 radical (unpaired) electrons. The monoisotopic (exact) mass is 562 g/mol. The maximum Gasteiger partial charge on any atom is 0.245 e. The molecule has 9 nitrogen and oxygen atoms in total. The van der Waals surface area contributed by atoms with Gasteiger partial charge >= 0.3 is 0 Å². The van der Waals surface area contributed by atoms with Crippen LogP contribution in [0.1, 0.15) is 25.3 Å². The summed E-state index contributed by atoms with van der Waals surface area (Å²) in [6.45, 7) is 7.83. The largest absolute Gasteiger partial charge is 0.476 e. The zero-order chi connectivity index (χ0) is 25.3. The fraction of sp³-hybridized carbons (Fsp3) is 0.375. The Hall–Kier alpha value is -2.60. The predicted octanol–water partition coefficient (Wildman–Crippen LogP) is 3.65. The number of nitrogens with one attached hydrogen (secondary N) is 1. The Morgan fingerprint density at radius 2 is 1.77 bits per heavy atom. The summed E-state index contributed by atoms with van der Waals surface area (Å²) < 4.78 is 32.9. The Bertz CT molecular complexity index is 1200. The van der Waals surface area contributed by atoms with E-state index in [1.165, 1.54) is 12.8 Å². The first-order chi connectivity index (χ1) is 16.8. The highest BCUT2D eigenvalue weighted by atomic mass is 79.9. The first kappa shape index (κ1) is 27.0. The summed E-state index contributed by atoms with van der Waals surface area (Å²) in [5.74, 6) is 0.542. The number of nitrogen functional groups attached to an aromatic ring is 1. The molecule has 35 heavy (non-hydrogen) atoms. The van der Waals surface area contributed by atoms with Crippen LogP contribution < -0.4 is 15.2 Å². The fourth-order valence-corrected chi connectivity index (χ4v) is 4.90. The van der Waals surface area contributed by atoms with Crippen molar-refractivity contribution in [2.24, 2.45) is 0 Å². The minimum Gasteiger partial charge on any atom is -0.476 e. The Morgan fingerprint density at radius 1 is 1.09 bits per heavy atom. The second-order valence-electron chi connectivity index (χ2n) is 7.97. The van der Waals surface area contributed by atoms with Crippen LogP contribution in [-0.2, 0) is 10.0 Å². The van der Waals surface area contributed by atoms with Crippen molar-refractivity contribution in [2.75, 3.05) is 38.5 Å². The van der Waals surface area contributed by atoms with Crippen molar-refractivity contribution in [3.05, 3.63) is 58.6 Å². The van der Waals surface area contributed by atoms with Gasteiger partial charge in [-0.05, 0) is 69.6 Å². The number of hydrogen-bond acceptors (Lipinski definition) is 8. The molecule has 3 aromatic rings. The molecule has 1 saturated heterocycles. The summed E-state index contributed by atoms with van der Waals surface area (Å²) in [5, 5.41) is 7.84. The highest BCUT2D eigenvalue weighted by Crippen LogP contribution is 2.28. The molecule has 3 N–H and O–H groups in total.